The molecular weight excluding hydrogens is 404 g/mol. The van der Waals surface area contributed by atoms with E-state index in [4.69, 9.17) is 9.72 Å². The first-order valence-corrected chi connectivity index (χ1v) is 10.3. The Morgan fingerprint density at radius 3 is 2.47 bits per heavy atom. The van der Waals surface area contributed by atoms with E-state index < -0.39 is 11.4 Å². The number of fused-ring (bicyclic) bond motifs is 1. The normalized spacial score (nSPS) is 11.5. The zero-order valence-corrected chi connectivity index (χ0v) is 18.8. The highest BCUT2D eigenvalue weighted by Gasteiger charge is 2.27. The lowest BCUT2D eigenvalue weighted by Gasteiger charge is -2.23. The van der Waals surface area contributed by atoms with Crippen LogP contribution in [0.15, 0.2) is 54.7 Å². The first kappa shape index (κ1) is 21.4. The molecule has 4 rings (SSSR count). The molecule has 0 bridgehead atoms. The van der Waals surface area contributed by atoms with Gasteiger partial charge in [-0.2, -0.15) is 0 Å². The second-order valence-electron chi connectivity index (χ2n) is 8.83. The average Bonchev–Trinajstić information content (AvgIpc) is 3.03. The summed E-state index contributed by atoms with van der Waals surface area (Å²) in [6, 6.07) is 15.5. The fourth-order valence-electron chi connectivity index (χ4n) is 3.66. The number of benzene rings is 2. The summed E-state index contributed by atoms with van der Waals surface area (Å²) in [6.07, 6.45) is 1.46. The minimum atomic E-state index is -1.08. The highest BCUT2D eigenvalue weighted by molar-refractivity contribution is 5.88. The van der Waals surface area contributed by atoms with Crippen LogP contribution < -0.4 is 10.1 Å². The number of nitrogens with one attached hydrogen (secondary N) is 1. The molecule has 164 valence electrons. The van der Waals surface area contributed by atoms with Crippen molar-refractivity contribution in [1.82, 2.24) is 14.5 Å². The van der Waals surface area contributed by atoms with Gasteiger partial charge in [0.1, 0.15) is 11.5 Å². The van der Waals surface area contributed by atoms with E-state index in [2.05, 4.69) is 10.3 Å². The van der Waals surface area contributed by atoms with Gasteiger partial charge in [-0.05, 0) is 42.7 Å². The minimum absolute atomic E-state index is 0.00139. The zero-order chi connectivity index (χ0) is 23.0. The number of aromatic nitrogens is 3. The summed E-state index contributed by atoms with van der Waals surface area (Å²) < 4.78 is 8.12. The maximum absolute atomic E-state index is 11.7. The molecule has 0 unspecified atom stereocenters. The molecule has 0 radical (unpaired) electrons. The predicted octanol–water partition coefficient (Wildman–Crippen LogP) is 5.81. The van der Waals surface area contributed by atoms with Crippen LogP contribution in [0.4, 0.5) is 11.6 Å². The SMILES string of the molecule is Cc1ccc(Nc2nc3cc(Oc4ccnc(C(=O)O)c4C(C)(C)C)ccc3n2C)cc1. The molecule has 0 spiro atoms. The number of nitrogens with zero attached hydrogens (tertiary/aromatic N) is 3. The van der Waals surface area contributed by atoms with E-state index in [1.54, 1.807) is 6.07 Å². The molecule has 7 heteroatoms. The molecule has 0 aliphatic carbocycles. The molecule has 0 aliphatic rings. The Hall–Kier alpha value is -3.87. The Kier molecular flexibility index (Phi) is 5.34. The lowest BCUT2D eigenvalue weighted by Crippen LogP contribution is -2.19. The van der Waals surface area contributed by atoms with Gasteiger partial charge in [-0.15, -0.1) is 0 Å². The van der Waals surface area contributed by atoms with Gasteiger partial charge >= 0.3 is 5.97 Å². The second kappa shape index (κ2) is 8.00. The van der Waals surface area contributed by atoms with Gasteiger partial charge in [0.05, 0.1) is 11.0 Å². The third kappa shape index (κ3) is 4.14. The van der Waals surface area contributed by atoms with Gasteiger partial charge in [0.25, 0.3) is 0 Å². The molecule has 0 atom stereocenters. The van der Waals surface area contributed by atoms with E-state index >= 15 is 0 Å². The van der Waals surface area contributed by atoms with Gasteiger partial charge in [0.2, 0.25) is 5.95 Å². The molecule has 2 aromatic carbocycles. The minimum Gasteiger partial charge on any atom is -0.476 e. The van der Waals surface area contributed by atoms with Crippen LogP contribution in [-0.4, -0.2) is 25.6 Å². The molecule has 4 aromatic rings. The van der Waals surface area contributed by atoms with E-state index in [9.17, 15) is 9.90 Å². The van der Waals surface area contributed by atoms with Crippen molar-refractivity contribution in [2.75, 3.05) is 5.32 Å². The van der Waals surface area contributed by atoms with Gasteiger partial charge in [-0.3, -0.25) is 0 Å². The number of aromatic carboxylic acids is 1. The smallest absolute Gasteiger partial charge is 0.354 e. The third-order valence-electron chi connectivity index (χ3n) is 5.25. The molecule has 0 fully saturated rings. The van der Waals surface area contributed by atoms with Crippen molar-refractivity contribution in [3.63, 3.8) is 0 Å². The highest BCUT2D eigenvalue weighted by atomic mass is 16.5. The first-order valence-electron chi connectivity index (χ1n) is 10.3. The van der Waals surface area contributed by atoms with Crippen molar-refractivity contribution in [2.24, 2.45) is 7.05 Å². The largest absolute Gasteiger partial charge is 0.476 e. The van der Waals surface area contributed by atoms with Gasteiger partial charge in [0, 0.05) is 30.6 Å². The number of hydrogen-bond donors (Lipinski definition) is 2. The maximum Gasteiger partial charge on any atom is 0.354 e. The highest BCUT2D eigenvalue weighted by Crippen LogP contribution is 2.37. The topological polar surface area (TPSA) is 89.3 Å². The molecule has 0 aliphatic heterocycles. The molecule has 7 nitrogen and oxygen atoms in total. The summed E-state index contributed by atoms with van der Waals surface area (Å²) in [5.41, 5.74) is 3.96. The number of pyridine rings is 1. The Labute approximate surface area is 186 Å². The van der Waals surface area contributed by atoms with E-state index in [0.717, 1.165) is 16.7 Å². The molecule has 2 N–H and O–H groups in total. The van der Waals surface area contributed by atoms with Crippen LogP contribution >= 0.6 is 0 Å². The number of anilines is 2. The summed E-state index contributed by atoms with van der Waals surface area (Å²) in [7, 11) is 1.95. The molecule has 2 aromatic heterocycles. The first-order chi connectivity index (χ1) is 15.1. The van der Waals surface area contributed by atoms with Crippen LogP contribution in [0, 0.1) is 6.92 Å². The Bertz CT molecular complexity index is 1300. The van der Waals surface area contributed by atoms with Gasteiger partial charge in [-0.1, -0.05) is 38.5 Å². The van der Waals surface area contributed by atoms with Crippen molar-refractivity contribution in [2.45, 2.75) is 33.1 Å². The Morgan fingerprint density at radius 2 is 1.81 bits per heavy atom. The van der Waals surface area contributed by atoms with Crippen LogP contribution in [0.25, 0.3) is 11.0 Å². The van der Waals surface area contributed by atoms with Crippen LogP contribution in [-0.2, 0) is 12.5 Å². The quantitative estimate of drug-likeness (QED) is 0.415. The number of imidazole rings is 1. The van der Waals surface area contributed by atoms with Gasteiger partial charge < -0.3 is 19.7 Å². The van der Waals surface area contributed by atoms with Crippen molar-refractivity contribution < 1.29 is 14.6 Å². The number of carboxylic acid groups (broad SMARTS) is 1. The molecule has 0 saturated heterocycles. The number of ether oxygens (including phenoxy) is 1. The summed E-state index contributed by atoms with van der Waals surface area (Å²) >= 11 is 0. The molecule has 2 heterocycles. The van der Waals surface area contributed by atoms with E-state index in [-0.39, 0.29) is 5.69 Å². The van der Waals surface area contributed by atoms with E-state index in [0.29, 0.717) is 23.0 Å². The monoisotopic (exact) mass is 430 g/mol. The Morgan fingerprint density at radius 1 is 1.09 bits per heavy atom. The average molecular weight is 431 g/mol. The van der Waals surface area contributed by atoms with Crippen molar-refractivity contribution in [3.8, 4) is 11.5 Å². The number of hydrogen-bond acceptors (Lipinski definition) is 5. The number of rotatable bonds is 5. The lowest BCUT2D eigenvalue weighted by molar-refractivity contribution is 0.0687. The zero-order valence-electron chi connectivity index (χ0n) is 18.8. The summed E-state index contributed by atoms with van der Waals surface area (Å²) in [5, 5.41) is 12.9. The van der Waals surface area contributed by atoms with E-state index in [1.165, 1.54) is 11.8 Å². The predicted molar refractivity (Wildman–Crippen MR) is 125 cm³/mol. The van der Waals surface area contributed by atoms with Crippen LogP contribution in [0.3, 0.4) is 0 Å². The Balaban J connectivity index is 1.69. The molecular formula is C25H26N4O3. The van der Waals surface area contributed by atoms with E-state index in [1.807, 2.05) is 81.8 Å². The van der Waals surface area contributed by atoms with Crippen molar-refractivity contribution >= 4 is 28.6 Å². The van der Waals surface area contributed by atoms with Crippen LogP contribution in [0.1, 0.15) is 42.4 Å². The molecule has 0 amide bonds. The van der Waals surface area contributed by atoms with Crippen LogP contribution in [0.5, 0.6) is 11.5 Å². The summed E-state index contributed by atoms with van der Waals surface area (Å²) in [6.45, 7) is 7.87. The summed E-state index contributed by atoms with van der Waals surface area (Å²) in [5.74, 6) is 0.685. The maximum atomic E-state index is 11.7. The number of carbonyl (C=O) groups is 1. The standard InChI is InChI=1S/C25H26N4O3/c1-15-6-8-16(9-7-15)27-24-28-18-14-17(10-11-19(18)29(24)5)32-20-12-13-26-22(23(30)31)21(20)25(2,3)4/h6-14H,1-5H3,(H,27,28)(H,30,31). The fourth-order valence-corrected chi connectivity index (χ4v) is 3.66. The van der Waals surface area contributed by atoms with Crippen molar-refractivity contribution in [3.05, 3.63) is 71.5 Å². The van der Waals surface area contributed by atoms with Gasteiger partial charge in [0.15, 0.2) is 5.69 Å². The van der Waals surface area contributed by atoms with Crippen LogP contribution in [0.2, 0.25) is 0 Å². The number of aryl methyl sites for hydroxylation is 2. The fraction of sp³-hybridized carbons (Fsp3) is 0.240. The van der Waals surface area contributed by atoms with Gasteiger partial charge in [-0.25, -0.2) is 14.8 Å². The lowest BCUT2D eigenvalue weighted by atomic mass is 9.85. The molecule has 32 heavy (non-hydrogen) atoms. The van der Waals surface area contributed by atoms with Crippen molar-refractivity contribution in [1.29, 1.82) is 0 Å². The second-order valence-corrected chi connectivity index (χ2v) is 8.83. The third-order valence-corrected chi connectivity index (χ3v) is 5.25. The molecule has 0 saturated carbocycles. The summed E-state index contributed by atoms with van der Waals surface area (Å²) in [4.78, 5) is 20.5. The number of carboxylic acids is 1.